The number of nitrogens with two attached hydrogens (primary N) is 1. The van der Waals surface area contributed by atoms with Crippen LogP contribution in [0.3, 0.4) is 0 Å². The molecule has 0 aliphatic carbocycles. The zero-order chi connectivity index (χ0) is 9.24. The second kappa shape index (κ2) is 3.32. The number of hydrogen-bond acceptors (Lipinski definition) is 3. The maximum absolute atomic E-state index is 8.83. The number of aliphatic hydroxyl groups is 1. The van der Waals surface area contributed by atoms with E-state index >= 15 is 0 Å². The highest BCUT2D eigenvalue weighted by Gasteiger charge is 2.37. The molecular weight excluding hydrogens is 154 g/mol. The molecule has 0 bridgehead atoms. The molecule has 0 saturated carbocycles. The largest absolute Gasteiger partial charge is 0.396 e. The van der Waals surface area contributed by atoms with Crippen molar-refractivity contribution in [3.05, 3.63) is 0 Å². The minimum Gasteiger partial charge on any atom is -0.396 e. The molecule has 12 heavy (non-hydrogen) atoms. The van der Waals surface area contributed by atoms with E-state index in [0.717, 1.165) is 12.8 Å². The fraction of sp³-hybridized carbons (Fsp3) is 1.00. The molecule has 0 radical (unpaired) electrons. The molecule has 3 heteroatoms. The van der Waals surface area contributed by atoms with Crippen molar-refractivity contribution in [2.75, 3.05) is 13.2 Å². The van der Waals surface area contributed by atoms with Crippen molar-refractivity contribution >= 4 is 0 Å². The highest BCUT2D eigenvalue weighted by Crippen LogP contribution is 2.31. The summed E-state index contributed by atoms with van der Waals surface area (Å²) in [4.78, 5) is 0. The van der Waals surface area contributed by atoms with E-state index < -0.39 is 0 Å². The van der Waals surface area contributed by atoms with Crippen molar-refractivity contribution in [3.8, 4) is 0 Å². The van der Waals surface area contributed by atoms with Gasteiger partial charge < -0.3 is 15.6 Å². The Kier molecular flexibility index (Phi) is 2.76. The Bertz CT molecular complexity index is 155. The van der Waals surface area contributed by atoms with E-state index in [1.807, 2.05) is 13.8 Å². The molecule has 0 amide bonds. The molecular formula is C9H19NO2. The summed E-state index contributed by atoms with van der Waals surface area (Å²) in [5.74, 6) is 0. The maximum Gasteiger partial charge on any atom is 0.0644 e. The Morgan fingerprint density at radius 3 is 2.67 bits per heavy atom. The van der Waals surface area contributed by atoms with E-state index in [9.17, 15) is 0 Å². The van der Waals surface area contributed by atoms with E-state index in [1.165, 1.54) is 0 Å². The van der Waals surface area contributed by atoms with Crippen molar-refractivity contribution in [1.29, 1.82) is 0 Å². The molecule has 3 nitrogen and oxygen atoms in total. The van der Waals surface area contributed by atoms with Gasteiger partial charge in [-0.1, -0.05) is 0 Å². The maximum atomic E-state index is 8.83. The van der Waals surface area contributed by atoms with Crippen molar-refractivity contribution in [2.45, 2.75) is 44.2 Å². The fourth-order valence-corrected chi connectivity index (χ4v) is 1.95. The van der Waals surface area contributed by atoms with Gasteiger partial charge in [0.25, 0.3) is 0 Å². The van der Waals surface area contributed by atoms with Crippen molar-refractivity contribution < 1.29 is 9.84 Å². The van der Waals surface area contributed by atoms with Gasteiger partial charge in [-0.3, -0.25) is 0 Å². The van der Waals surface area contributed by atoms with Crippen LogP contribution in [0.1, 0.15) is 33.1 Å². The molecule has 0 spiro atoms. The van der Waals surface area contributed by atoms with Crippen LogP contribution in [0.25, 0.3) is 0 Å². The Balaban J connectivity index is 2.55. The Labute approximate surface area is 73.9 Å². The molecule has 0 aromatic rings. The summed E-state index contributed by atoms with van der Waals surface area (Å²) in [6.07, 6.45) is 2.37. The third-order valence-corrected chi connectivity index (χ3v) is 2.48. The third-order valence-electron chi connectivity index (χ3n) is 2.48. The SMILES string of the molecule is CC1(C)CC(N)(CCO)CCO1. The van der Waals surface area contributed by atoms with Gasteiger partial charge in [0, 0.05) is 18.8 Å². The molecule has 1 rings (SSSR count). The predicted octanol–water partition coefficient (Wildman–Crippen LogP) is 0.655. The summed E-state index contributed by atoms with van der Waals surface area (Å²) >= 11 is 0. The van der Waals surface area contributed by atoms with Gasteiger partial charge in [-0.25, -0.2) is 0 Å². The Morgan fingerprint density at radius 1 is 1.50 bits per heavy atom. The Hall–Kier alpha value is -0.120. The topological polar surface area (TPSA) is 55.5 Å². The van der Waals surface area contributed by atoms with Crippen LogP contribution in [0, 0.1) is 0 Å². The highest BCUT2D eigenvalue weighted by atomic mass is 16.5. The molecule has 1 heterocycles. The van der Waals surface area contributed by atoms with Crippen LogP contribution in [-0.2, 0) is 4.74 Å². The smallest absolute Gasteiger partial charge is 0.0644 e. The average Bonchev–Trinajstić information content (AvgIpc) is 1.83. The summed E-state index contributed by atoms with van der Waals surface area (Å²) < 4.78 is 5.55. The summed E-state index contributed by atoms with van der Waals surface area (Å²) in [5.41, 5.74) is 5.77. The molecule has 72 valence electrons. The molecule has 0 aromatic carbocycles. The van der Waals surface area contributed by atoms with E-state index in [1.54, 1.807) is 0 Å². The van der Waals surface area contributed by atoms with Gasteiger partial charge in [-0.05, 0) is 33.1 Å². The first-order valence-corrected chi connectivity index (χ1v) is 4.51. The third kappa shape index (κ3) is 2.44. The van der Waals surface area contributed by atoms with Gasteiger partial charge in [-0.15, -0.1) is 0 Å². The number of ether oxygens (including phenoxy) is 1. The lowest BCUT2D eigenvalue weighted by Crippen LogP contribution is -2.52. The number of hydrogen-bond donors (Lipinski definition) is 2. The summed E-state index contributed by atoms with van der Waals surface area (Å²) in [7, 11) is 0. The first-order chi connectivity index (χ1) is 5.47. The molecule has 1 atom stereocenters. The highest BCUT2D eigenvalue weighted by molar-refractivity contribution is 4.93. The Morgan fingerprint density at radius 2 is 2.17 bits per heavy atom. The lowest BCUT2D eigenvalue weighted by molar-refractivity contribution is -0.0830. The predicted molar refractivity (Wildman–Crippen MR) is 47.9 cm³/mol. The van der Waals surface area contributed by atoms with E-state index in [-0.39, 0.29) is 17.7 Å². The quantitative estimate of drug-likeness (QED) is 0.645. The zero-order valence-corrected chi connectivity index (χ0v) is 7.97. The van der Waals surface area contributed by atoms with Crippen molar-refractivity contribution in [1.82, 2.24) is 0 Å². The molecule has 1 aliphatic heterocycles. The molecule has 1 aliphatic rings. The van der Waals surface area contributed by atoms with Crippen LogP contribution < -0.4 is 5.73 Å². The molecule has 1 fully saturated rings. The fourth-order valence-electron chi connectivity index (χ4n) is 1.95. The van der Waals surface area contributed by atoms with Crippen LogP contribution >= 0.6 is 0 Å². The van der Waals surface area contributed by atoms with Gasteiger partial charge >= 0.3 is 0 Å². The van der Waals surface area contributed by atoms with Crippen LogP contribution in [0.5, 0.6) is 0 Å². The second-order valence-electron chi connectivity index (χ2n) is 4.37. The van der Waals surface area contributed by atoms with Gasteiger partial charge in [0.05, 0.1) is 5.60 Å². The lowest BCUT2D eigenvalue weighted by Gasteiger charge is -2.42. The molecule has 3 N–H and O–H groups in total. The van der Waals surface area contributed by atoms with Crippen molar-refractivity contribution in [3.63, 3.8) is 0 Å². The van der Waals surface area contributed by atoms with Crippen LogP contribution in [-0.4, -0.2) is 29.5 Å². The number of aliphatic hydroxyl groups excluding tert-OH is 1. The minimum absolute atomic E-state index is 0.123. The van der Waals surface area contributed by atoms with Crippen molar-refractivity contribution in [2.24, 2.45) is 5.73 Å². The normalized spacial score (nSPS) is 35.0. The van der Waals surface area contributed by atoms with Crippen LogP contribution in [0.15, 0.2) is 0 Å². The first kappa shape index (κ1) is 9.96. The first-order valence-electron chi connectivity index (χ1n) is 4.51. The molecule has 0 aromatic heterocycles. The molecule has 1 unspecified atom stereocenters. The van der Waals surface area contributed by atoms with Gasteiger partial charge in [0.15, 0.2) is 0 Å². The van der Waals surface area contributed by atoms with E-state index in [2.05, 4.69) is 0 Å². The lowest BCUT2D eigenvalue weighted by atomic mass is 9.80. The minimum atomic E-state index is -0.212. The van der Waals surface area contributed by atoms with Crippen LogP contribution in [0.2, 0.25) is 0 Å². The van der Waals surface area contributed by atoms with E-state index in [0.29, 0.717) is 13.0 Å². The van der Waals surface area contributed by atoms with Gasteiger partial charge in [-0.2, -0.15) is 0 Å². The standard InChI is InChI=1S/C9H19NO2/c1-8(2)7-9(10,3-5-11)4-6-12-8/h11H,3-7,10H2,1-2H3. The summed E-state index contributed by atoms with van der Waals surface area (Å²) in [6, 6.07) is 0. The average molecular weight is 173 g/mol. The summed E-state index contributed by atoms with van der Waals surface area (Å²) in [6.45, 7) is 4.98. The van der Waals surface area contributed by atoms with Crippen LogP contribution in [0.4, 0.5) is 0 Å². The van der Waals surface area contributed by atoms with E-state index in [4.69, 9.17) is 15.6 Å². The zero-order valence-electron chi connectivity index (χ0n) is 7.97. The molecule has 1 saturated heterocycles. The van der Waals surface area contributed by atoms with Gasteiger partial charge in [0.1, 0.15) is 0 Å². The van der Waals surface area contributed by atoms with Gasteiger partial charge in [0.2, 0.25) is 0 Å². The summed E-state index contributed by atoms with van der Waals surface area (Å²) in [5, 5.41) is 8.83. The monoisotopic (exact) mass is 173 g/mol. The second-order valence-corrected chi connectivity index (χ2v) is 4.37. The number of rotatable bonds is 2.